The van der Waals surface area contributed by atoms with Gasteiger partial charge >= 0.3 is 6.16 Å². The van der Waals surface area contributed by atoms with Gasteiger partial charge in [-0.05, 0) is 73.1 Å². The summed E-state index contributed by atoms with van der Waals surface area (Å²) in [6.07, 6.45) is 17.3. The van der Waals surface area contributed by atoms with Gasteiger partial charge in [0.1, 0.15) is 5.60 Å². The molecule has 2 aliphatic rings. The highest BCUT2D eigenvalue weighted by Gasteiger charge is 2.35. The van der Waals surface area contributed by atoms with Crippen LogP contribution >= 0.6 is 0 Å². The summed E-state index contributed by atoms with van der Waals surface area (Å²) in [6.45, 7) is 9.45. The summed E-state index contributed by atoms with van der Waals surface area (Å²) >= 11 is 0. The molecular formula is C43H68O12. The Morgan fingerprint density at radius 1 is 0.491 bits per heavy atom. The van der Waals surface area contributed by atoms with E-state index in [1.165, 1.54) is 47.7 Å². The van der Waals surface area contributed by atoms with E-state index in [1.54, 1.807) is 13.8 Å². The number of aliphatic hydroxyl groups excluding tert-OH is 1. The molecular weight excluding hydrogens is 708 g/mol. The van der Waals surface area contributed by atoms with Crippen LogP contribution in [-0.4, -0.2) is 81.6 Å². The lowest BCUT2D eigenvalue weighted by Gasteiger charge is -2.20. The highest BCUT2D eigenvalue weighted by atomic mass is 16.7. The molecule has 0 aromatic rings. The van der Waals surface area contributed by atoms with E-state index >= 15 is 0 Å². The molecule has 2 rings (SSSR count). The molecule has 0 bridgehead atoms. The summed E-state index contributed by atoms with van der Waals surface area (Å²) in [5.41, 5.74) is 1.49. The van der Waals surface area contributed by atoms with Gasteiger partial charge in [-0.2, -0.15) is 0 Å². The maximum atomic E-state index is 12.6. The van der Waals surface area contributed by atoms with Crippen molar-refractivity contribution in [3.05, 3.63) is 45.3 Å². The minimum absolute atomic E-state index is 0.00347. The number of ether oxygens (including phenoxy) is 6. The largest absolute Gasteiger partial charge is 0.508 e. The normalized spacial score (nSPS) is 15.0. The van der Waals surface area contributed by atoms with Crippen LogP contribution in [0, 0.1) is 0 Å². The van der Waals surface area contributed by atoms with Crippen LogP contribution in [-0.2, 0) is 47.6 Å². The lowest BCUT2D eigenvalue weighted by atomic mass is 9.89. The molecule has 1 N–H and O–H groups in total. The van der Waals surface area contributed by atoms with Gasteiger partial charge in [0.15, 0.2) is 0 Å². The maximum absolute atomic E-state index is 12.6. The van der Waals surface area contributed by atoms with Gasteiger partial charge in [-0.15, -0.1) is 0 Å². The van der Waals surface area contributed by atoms with Gasteiger partial charge in [0.2, 0.25) is 46.2 Å². The molecule has 0 aliphatic heterocycles. The average molecular weight is 777 g/mol. The Morgan fingerprint density at radius 3 is 1.13 bits per heavy atom. The third-order valence-corrected chi connectivity index (χ3v) is 9.45. The second kappa shape index (κ2) is 26.8. The van der Waals surface area contributed by atoms with Crippen LogP contribution in [0.1, 0.15) is 150 Å². The Kier molecular flexibility index (Phi) is 23.9. The number of carbonyl (C=O) groups is 5. The lowest BCUT2D eigenvalue weighted by Crippen LogP contribution is -2.25. The quantitative estimate of drug-likeness (QED) is 0.0534. The molecule has 0 fully saturated rings. The minimum atomic E-state index is -0.609. The molecule has 55 heavy (non-hydrogen) atoms. The van der Waals surface area contributed by atoms with Gasteiger partial charge in [0.05, 0.1) is 35.0 Å². The maximum Gasteiger partial charge on any atom is 0.508 e. The van der Waals surface area contributed by atoms with Crippen LogP contribution in [0.2, 0.25) is 0 Å². The number of methoxy groups -OCH3 is 4. The van der Waals surface area contributed by atoms with Crippen molar-refractivity contribution in [1.29, 1.82) is 0 Å². The van der Waals surface area contributed by atoms with Gasteiger partial charge in [-0.3, -0.25) is 19.2 Å². The van der Waals surface area contributed by atoms with Gasteiger partial charge in [0.25, 0.3) is 0 Å². The molecule has 0 amide bonds. The van der Waals surface area contributed by atoms with Crippen LogP contribution in [0.3, 0.4) is 0 Å². The predicted molar refractivity (Wildman–Crippen MR) is 210 cm³/mol. The van der Waals surface area contributed by atoms with Crippen LogP contribution in [0.15, 0.2) is 45.3 Å². The third kappa shape index (κ3) is 17.2. The van der Waals surface area contributed by atoms with Crippen molar-refractivity contribution in [1.82, 2.24) is 0 Å². The molecule has 0 unspecified atom stereocenters. The fourth-order valence-electron chi connectivity index (χ4n) is 6.36. The number of unbranched alkanes of at least 4 members (excludes halogenated alkanes) is 14. The van der Waals surface area contributed by atoms with E-state index < -0.39 is 11.8 Å². The third-order valence-electron chi connectivity index (χ3n) is 9.45. The molecule has 0 saturated carbocycles. The number of rotatable bonds is 25. The van der Waals surface area contributed by atoms with Crippen molar-refractivity contribution in [2.45, 2.75) is 156 Å². The predicted octanol–water partition coefficient (Wildman–Crippen LogP) is 8.88. The SMILES string of the molecule is COC1=C(OC)C(=O)C(CCCCCCCCCCO)=C(C)C1=O.COC1=C(OC)C(=O)C(CCCCCCCCCCOC(=O)OC(C)(C)C)=C(C)C1=O. The van der Waals surface area contributed by atoms with Crippen molar-refractivity contribution in [3.8, 4) is 0 Å². The zero-order valence-electron chi connectivity index (χ0n) is 35.1. The van der Waals surface area contributed by atoms with E-state index in [1.807, 2.05) is 20.8 Å². The monoisotopic (exact) mass is 776 g/mol. The van der Waals surface area contributed by atoms with Crippen molar-refractivity contribution in [3.63, 3.8) is 0 Å². The van der Waals surface area contributed by atoms with Crippen molar-refractivity contribution < 1.29 is 57.5 Å². The van der Waals surface area contributed by atoms with Crippen LogP contribution < -0.4 is 0 Å². The van der Waals surface area contributed by atoms with E-state index in [0.29, 0.717) is 41.7 Å². The topological polar surface area (TPSA) is 161 Å². The fraction of sp³-hybridized carbons (Fsp3) is 0.698. The Balaban J connectivity index is 0.000000568. The number of carbonyl (C=O) groups excluding carboxylic acids is 5. The number of Topliss-reactive ketones (excluding diaryl/α,β-unsaturated/α-hetero) is 4. The van der Waals surface area contributed by atoms with Crippen LogP contribution in [0.5, 0.6) is 0 Å². The summed E-state index contributed by atoms with van der Waals surface area (Å²) in [4.78, 5) is 61.1. The van der Waals surface area contributed by atoms with Gasteiger partial charge in [0, 0.05) is 28.9 Å². The first-order valence-corrected chi connectivity index (χ1v) is 19.9. The van der Waals surface area contributed by atoms with E-state index in [0.717, 1.165) is 83.5 Å². The molecule has 0 radical (unpaired) electrons. The van der Waals surface area contributed by atoms with Crippen molar-refractivity contribution in [2.75, 3.05) is 41.7 Å². The lowest BCUT2D eigenvalue weighted by molar-refractivity contribution is -0.121. The van der Waals surface area contributed by atoms with Crippen LogP contribution in [0.4, 0.5) is 4.79 Å². The van der Waals surface area contributed by atoms with E-state index in [2.05, 4.69) is 0 Å². The minimum Gasteiger partial charge on any atom is -0.489 e. The number of aliphatic hydroxyl groups is 1. The van der Waals surface area contributed by atoms with Gasteiger partial charge in [-0.25, -0.2) is 4.79 Å². The van der Waals surface area contributed by atoms with E-state index in [4.69, 9.17) is 33.5 Å². The number of ketones is 4. The summed E-state index contributed by atoms with van der Waals surface area (Å²) in [5.74, 6) is -0.981. The molecule has 2 aliphatic carbocycles. The molecule has 312 valence electrons. The van der Waals surface area contributed by atoms with E-state index in [9.17, 15) is 24.0 Å². The Labute approximate surface area is 329 Å². The second-order valence-corrected chi connectivity index (χ2v) is 14.8. The zero-order chi connectivity index (χ0) is 41.4. The first-order valence-electron chi connectivity index (χ1n) is 19.9. The second-order valence-electron chi connectivity index (χ2n) is 14.8. The van der Waals surface area contributed by atoms with Crippen LogP contribution in [0.25, 0.3) is 0 Å². The fourth-order valence-corrected chi connectivity index (χ4v) is 6.36. The molecule has 0 aromatic carbocycles. The summed E-state index contributed by atoms with van der Waals surface area (Å²) in [6, 6.07) is 0. The number of hydrogen-bond donors (Lipinski definition) is 1. The highest BCUT2D eigenvalue weighted by Crippen LogP contribution is 2.30. The summed E-state index contributed by atoms with van der Waals surface area (Å²) < 4.78 is 30.4. The molecule has 0 aromatic heterocycles. The Bertz CT molecular complexity index is 1410. The summed E-state index contributed by atoms with van der Waals surface area (Å²) in [5, 5.41) is 8.72. The van der Waals surface area contributed by atoms with Gasteiger partial charge < -0.3 is 33.5 Å². The average Bonchev–Trinajstić information content (AvgIpc) is 3.14. The molecule has 12 nitrogen and oxygen atoms in total. The van der Waals surface area contributed by atoms with Crippen molar-refractivity contribution in [2.24, 2.45) is 0 Å². The molecule has 0 saturated heterocycles. The number of allylic oxidation sites excluding steroid dienone is 4. The molecule has 0 heterocycles. The van der Waals surface area contributed by atoms with Crippen molar-refractivity contribution >= 4 is 29.3 Å². The Morgan fingerprint density at radius 2 is 0.800 bits per heavy atom. The van der Waals surface area contributed by atoms with Gasteiger partial charge in [-0.1, -0.05) is 77.0 Å². The zero-order valence-corrected chi connectivity index (χ0v) is 35.1. The molecule has 0 spiro atoms. The number of hydrogen-bond acceptors (Lipinski definition) is 12. The standard InChI is InChI=1S/C24H38O7.C19H30O5/c1-17-18(20(26)22(29-6)21(28-5)19(17)25)15-13-11-9-7-8-10-12-14-16-30-23(27)31-24(2,3)4;1-14-15(12-10-8-6-4-5-7-9-11-13-20)17(22)19(24-3)18(23-2)16(14)21/h7-16H2,1-6H3;20H,4-13H2,1-3H3. The highest BCUT2D eigenvalue weighted by molar-refractivity contribution is 6.24. The molecule has 0 atom stereocenters. The smallest absolute Gasteiger partial charge is 0.489 e. The molecule has 12 heteroatoms. The first-order chi connectivity index (χ1) is 26.2. The van der Waals surface area contributed by atoms with E-state index in [-0.39, 0.29) is 52.8 Å². The Hall–Kier alpha value is -3.93. The summed E-state index contributed by atoms with van der Waals surface area (Å²) in [7, 11) is 5.50. The first kappa shape index (κ1) is 49.1.